The number of benzene rings is 1. The maximum atomic E-state index is 10.8. The van der Waals surface area contributed by atoms with Crippen molar-refractivity contribution in [1.82, 2.24) is 10.2 Å². The lowest BCUT2D eigenvalue weighted by Crippen LogP contribution is -2.12. The third-order valence-corrected chi connectivity index (χ3v) is 4.70. The number of nitrogens with zero attached hydrogens (tertiary/aromatic N) is 2. The molecule has 6 heteroatoms. The first-order valence-corrected chi connectivity index (χ1v) is 8.11. The predicted molar refractivity (Wildman–Crippen MR) is 80.4 cm³/mol. The van der Waals surface area contributed by atoms with Gasteiger partial charge < -0.3 is 9.52 Å². The van der Waals surface area contributed by atoms with E-state index in [9.17, 15) is 4.79 Å². The summed E-state index contributed by atoms with van der Waals surface area (Å²) in [5, 5.41) is 17.0. The molecule has 0 radical (unpaired) electrons. The zero-order valence-corrected chi connectivity index (χ0v) is 12.3. The number of aromatic nitrogens is 2. The molecule has 0 bridgehead atoms. The summed E-state index contributed by atoms with van der Waals surface area (Å²) in [5.74, 6) is 3.23. The third-order valence-electron chi connectivity index (χ3n) is 3.65. The first kappa shape index (κ1) is 14.1. The summed E-state index contributed by atoms with van der Waals surface area (Å²) in [4.78, 5) is 10.8. The summed E-state index contributed by atoms with van der Waals surface area (Å²) >= 11 is 2.00. The molecule has 2 heterocycles. The van der Waals surface area contributed by atoms with Gasteiger partial charge in [-0.15, -0.1) is 10.2 Å². The fraction of sp³-hybridized carbons (Fsp3) is 0.400. The molecule has 2 aromatic rings. The maximum absolute atomic E-state index is 10.8. The number of aromatic carboxylic acids is 1. The Balaban J connectivity index is 1.70. The molecule has 0 saturated carbocycles. The molecule has 1 aliphatic heterocycles. The first-order chi connectivity index (χ1) is 10.2. The van der Waals surface area contributed by atoms with Crippen LogP contribution in [0, 0.1) is 5.92 Å². The molecule has 1 aromatic heterocycles. The molecule has 1 aromatic carbocycles. The van der Waals surface area contributed by atoms with E-state index in [1.54, 1.807) is 24.3 Å². The zero-order chi connectivity index (χ0) is 14.7. The highest BCUT2D eigenvalue weighted by atomic mass is 32.2. The van der Waals surface area contributed by atoms with Crippen LogP contribution in [0.4, 0.5) is 0 Å². The highest BCUT2D eigenvalue weighted by Gasteiger charge is 2.18. The molecule has 21 heavy (non-hydrogen) atoms. The van der Waals surface area contributed by atoms with E-state index in [0.717, 1.165) is 12.0 Å². The fourth-order valence-electron chi connectivity index (χ4n) is 2.41. The van der Waals surface area contributed by atoms with Crippen molar-refractivity contribution >= 4 is 17.7 Å². The third kappa shape index (κ3) is 3.44. The van der Waals surface area contributed by atoms with Crippen LogP contribution >= 0.6 is 11.8 Å². The van der Waals surface area contributed by atoms with Crippen LogP contribution in [0.3, 0.4) is 0 Å². The minimum atomic E-state index is -0.942. The molecule has 1 aliphatic rings. The van der Waals surface area contributed by atoms with E-state index in [2.05, 4.69) is 10.2 Å². The second kappa shape index (κ2) is 6.30. The molecule has 0 unspecified atom stereocenters. The van der Waals surface area contributed by atoms with Gasteiger partial charge >= 0.3 is 5.97 Å². The van der Waals surface area contributed by atoms with E-state index in [1.165, 1.54) is 24.3 Å². The van der Waals surface area contributed by atoms with Crippen LogP contribution in [0.25, 0.3) is 11.5 Å². The highest BCUT2D eigenvalue weighted by Crippen LogP contribution is 2.26. The van der Waals surface area contributed by atoms with Crippen LogP contribution in [0.5, 0.6) is 0 Å². The minimum absolute atomic E-state index is 0.248. The first-order valence-electron chi connectivity index (χ1n) is 6.96. The smallest absolute Gasteiger partial charge is 0.335 e. The SMILES string of the molecule is O=C(O)c1ccc(-c2nnc(CC3CCSCC3)o2)cc1. The van der Waals surface area contributed by atoms with Gasteiger partial charge in [0.25, 0.3) is 0 Å². The number of carboxylic acids is 1. The molecule has 1 saturated heterocycles. The Kier molecular flexibility index (Phi) is 4.24. The lowest BCUT2D eigenvalue weighted by atomic mass is 9.99. The van der Waals surface area contributed by atoms with Gasteiger partial charge in [-0.3, -0.25) is 0 Å². The van der Waals surface area contributed by atoms with Crippen molar-refractivity contribution in [3.8, 4) is 11.5 Å². The molecular weight excluding hydrogens is 288 g/mol. The van der Waals surface area contributed by atoms with Crippen LogP contribution < -0.4 is 0 Å². The summed E-state index contributed by atoms with van der Waals surface area (Å²) in [6, 6.07) is 6.47. The Hall–Kier alpha value is -1.82. The summed E-state index contributed by atoms with van der Waals surface area (Å²) in [6.45, 7) is 0. The average molecular weight is 304 g/mol. The van der Waals surface area contributed by atoms with Crippen LogP contribution in [0.2, 0.25) is 0 Å². The number of carboxylic acid groups (broad SMARTS) is 1. The Morgan fingerprint density at radius 2 is 1.95 bits per heavy atom. The van der Waals surface area contributed by atoms with Crippen LogP contribution in [-0.2, 0) is 6.42 Å². The molecule has 0 atom stereocenters. The molecule has 0 spiro atoms. The van der Waals surface area contributed by atoms with Gasteiger partial charge in [-0.2, -0.15) is 11.8 Å². The Morgan fingerprint density at radius 1 is 1.24 bits per heavy atom. The largest absolute Gasteiger partial charge is 0.478 e. The number of hydrogen-bond donors (Lipinski definition) is 1. The fourth-order valence-corrected chi connectivity index (χ4v) is 3.61. The van der Waals surface area contributed by atoms with Gasteiger partial charge in [0, 0.05) is 12.0 Å². The molecule has 1 fully saturated rings. The van der Waals surface area contributed by atoms with Crippen LogP contribution in [-0.4, -0.2) is 32.8 Å². The van der Waals surface area contributed by atoms with Gasteiger partial charge in [0.15, 0.2) is 0 Å². The summed E-state index contributed by atoms with van der Waals surface area (Å²) in [7, 11) is 0. The van der Waals surface area contributed by atoms with E-state index < -0.39 is 5.97 Å². The number of hydrogen-bond acceptors (Lipinski definition) is 5. The van der Waals surface area contributed by atoms with Crippen molar-refractivity contribution in [2.24, 2.45) is 5.92 Å². The molecule has 0 amide bonds. The number of thioether (sulfide) groups is 1. The zero-order valence-electron chi connectivity index (χ0n) is 11.5. The monoisotopic (exact) mass is 304 g/mol. The van der Waals surface area contributed by atoms with Crippen LogP contribution in [0.1, 0.15) is 29.1 Å². The van der Waals surface area contributed by atoms with Gasteiger partial charge in [0.2, 0.25) is 11.8 Å². The highest BCUT2D eigenvalue weighted by molar-refractivity contribution is 7.99. The normalized spacial score (nSPS) is 16.0. The summed E-state index contributed by atoms with van der Waals surface area (Å²) in [5.41, 5.74) is 0.996. The standard InChI is InChI=1S/C15H16N2O3S/c18-15(19)12-3-1-11(2-4-12)14-17-16-13(20-14)9-10-5-7-21-8-6-10/h1-4,10H,5-9H2,(H,18,19). The quantitative estimate of drug-likeness (QED) is 0.935. The molecule has 110 valence electrons. The molecule has 3 rings (SSSR count). The Bertz CT molecular complexity index is 618. The second-order valence-electron chi connectivity index (χ2n) is 5.14. The maximum Gasteiger partial charge on any atom is 0.335 e. The van der Waals surface area contributed by atoms with E-state index in [0.29, 0.717) is 17.7 Å². The van der Waals surface area contributed by atoms with Gasteiger partial charge in [0.1, 0.15) is 0 Å². The summed E-state index contributed by atoms with van der Waals surface area (Å²) < 4.78 is 5.70. The van der Waals surface area contributed by atoms with E-state index >= 15 is 0 Å². The van der Waals surface area contributed by atoms with E-state index in [4.69, 9.17) is 9.52 Å². The van der Waals surface area contributed by atoms with Crippen molar-refractivity contribution in [3.05, 3.63) is 35.7 Å². The topological polar surface area (TPSA) is 76.2 Å². The number of rotatable bonds is 4. The van der Waals surface area contributed by atoms with Crippen LogP contribution in [0.15, 0.2) is 28.7 Å². The van der Waals surface area contributed by atoms with Crippen molar-refractivity contribution in [3.63, 3.8) is 0 Å². The van der Waals surface area contributed by atoms with Crippen molar-refractivity contribution in [2.75, 3.05) is 11.5 Å². The molecule has 5 nitrogen and oxygen atoms in total. The lowest BCUT2D eigenvalue weighted by molar-refractivity contribution is 0.0697. The van der Waals surface area contributed by atoms with Gasteiger partial charge in [-0.25, -0.2) is 4.79 Å². The Morgan fingerprint density at radius 3 is 2.62 bits per heavy atom. The van der Waals surface area contributed by atoms with E-state index in [1.807, 2.05) is 11.8 Å². The second-order valence-corrected chi connectivity index (χ2v) is 6.37. The van der Waals surface area contributed by atoms with Gasteiger partial charge in [-0.05, 0) is 54.5 Å². The Labute approximate surface area is 126 Å². The summed E-state index contributed by atoms with van der Waals surface area (Å²) in [6.07, 6.45) is 3.24. The van der Waals surface area contributed by atoms with Crippen molar-refractivity contribution in [2.45, 2.75) is 19.3 Å². The molecular formula is C15H16N2O3S. The minimum Gasteiger partial charge on any atom is -0.478 e. The van der Waals surface area contributed by atoms with Crippen molar-refractivity contribution in [1.29, 1.82) is 0 Å². The molecule has 1 N–H and O–H groups in total. The lowest BCUT2D eigenvalue weighted by Gasteiger charge is -2.19. The van der Waals surface area contributed by atoms with Crippen molar-refractivity contribution < 1.29 is 14.3 Å². The van der Waals surface area contributed by atoms with Gasteiger partial charge in [-0.1, -0.05) is 0 Å². The predicted octanol–water partition coefficient (Wildman–Crippen LogP) is 3.12. The molecule has 0 aliphatic carbocycles. The number of carbonyl (C=O) groups is 1. The van der Waals surface area contributed by atoms with E-state index in [-0.39, 0.29) is 5.56 Å². The average Bonchev–Trinajstić information content (AvgIpc) is 2.97. The van der Waals surface area contributed by atoms with Gasteiger partial charge in [0.05, 0.1) is 5.56 Å².